The maximum absolute atomic E-state index is 10.1. The van der Waals surface area contributed by atoms with Gasteiger partial charge in [0.1, 0.15) is 0 Å². The molecule has 60 valence electrons. The first-order valence-electron chi connectivity index (χ1n) is 3.62. The second kappa shape index (κ2) is 5.23. The number of hydrogen-bond acceptors (Lipinski definition) is 2. The summed E-state index contributed by atoms with van der Waals surface area (Å²) >= 11 is 0. The van der Waals surface area contributed by atoms with Gasteiger partial charge in [-0.25, -0.2) is 0 Å². The van der Waals surface area contributed by atoms with Gasteiger partial charge in [-0.05, 0) is 18.9 Å². The van der Waals surface area contributed by atoms with Gasteiger partial charge in [-0.3, -0.25) is 4.79 Å². The predicted octanol–water partition coefficient (Wildman–Crippen LogP) is 0.836. The van der Waals surface area contributed by atoms with E-state index in [1.54, 1.807) is 0 Å². The third kappa shape index (κ3) is 4.32. The summed E-state index contributed by atoms with van der Waals surface area (Å²) in [5.41, 5.74) is 5.38. The van der Waals surface area contributed by atoms with E-state index in [-0.39, 0.29) is 6.42 Å². The molecule has 3 nitrogen and oxygen atoms in total. The summed E-state index contributed by atoms with van der Waals surface area (Å²) in [6, 6.07) is 0. The van der Waals surface area contributed by atoms with Crippen molar-refractivity contribution in [2.75, 3.05) is 6.54 Å². The number of aliphatic carboxylic acids is 1. The van der Waals surface area contributed by atoms with Gasteiger partial charge in [-0.1, -0.05) is 13.3 Å². The quantitative estimate of drug-likeness (QED) is 0.602. The van der Waals surface area contributed by atoms with E-state index in [0.29, 0.717) is 18.9 Å². The lowest BCUT2D eigenvalue weighted by molar-refractivity contribution is -0.137. The minimum atomic E-state index is -0.730. The highest BCUT2D eigenvalue weighted by Crippen LogP contribution is 2.08. The number of carbonyl (C=O) groups is 1. The molecule has 0 aliphatic heterocycles. The number of nitrogens with two attached hydrogens (primary N) is 1. The van der Waals surface area contributed by atoms with Gasteiger partial charge in [0, 0.05) is 6.42 Å². The van der Waals surface area contributed by atoms with Gasteiger partial charge in [-0.15, -0.1) is 0 Å². The average molecular weight is 145 g/mol. The van der Waals surface area contributed by atoms with Crippen LogP contribution in [0.1, 0.15) is 26.2 Å². The van der Waals surface area contributed by atoms with Crippen molar-refractivity contribution in [3.05, 3.63) is 0 Å². The Bertz CT molecular complexity index is 99.8. The molecule has 0 heterocycles. The topological polar surface area (TPSA) is 63.3 Å². The van der Waals surface area contributed by atoms with Crippen molar-refractivity contribution in [1.29, 1.82) is 0 Å². The van der Waals surface area contributed by atoms with Crippen LogP contribution in [0.25, 0.3) is 0 Å². The van der Waals surface area contributed by atoms with Crippen LogP contribution in [0.3, 0.4) is 0 Å². The number of rotatable bonds is 5. The zero-order valence-electron chi connectivity index (χ0n) is 6.34. The minimum absolute atomic E-state index is 0.246. The van der Waals surface area contributed by atoms with Crippen molar-refractivity contribution in [2.24, 2.45) is 11.7 Å². The highest BCUT2D eigenvalue weighted by Gasteiger charge is 2.05. The van der Waals surface area contributed by atoms with Crippen LogP contribution in [0.4, 0.5) is 0 Å². The molecule has 0 aliphatic rings. The minimum Gasteiger partial charge on any atom is -0.481 e. The smallest absolute Gasteiger partial charge is 0.303 e. The van der Waals surface area contributed by atoms with Crippen LogP contribution in [-0.2, 0) is 4.79 Å². The monoisotopic (exact) mass is 145 g/mol. The molecule has 0 amide bonds. The largest absolute Gasteiger partial charge is 0.481 e. The number of carboxylic acids is 1. The summed E-state index contributed by atoms with van der Waals surface area (Å²) in [6.45, 7) is 2.63. The third-order valence-corrected chi connectivity index (χ3v) is 1.68. The van der Waals surface area contributed by atoms with Crippen molar-refractivity contribution in [3.8, 4) is 0 Å². The number of carboxylic acid groups (broad SMARTS) is 1. The Hall–Kier alpha value is -0.570. The van der Waals surface area contributed by atoms with E-state index < -0.39 is 5.97 Å². The first-order valence-corrected chi connectivity index (χ1v) is 3.62. The van der Waals surface area contributed by atoms with Crippen molar-refractivity contribution < 1.29 is 9.90 Å². The summed E-state index contributed by atoms with van der Waals surface area (Å²) in [6.07, 6.45) is 1.93. The fourth-order valence-electron chi connectivity index (χ4n) is 0.816. The van der Waals surface area contributed by atoms with Gasteiger partial charge in [0.25, 0.3) is 0 Å². The Balaban J connectivity index is 3.34. The van der Waals surface area contributed by atoms with Gasteiger partial charge in [-0.2, -0.15) is 0 Å². The van der Waals surface area contributed by atoms with E-state index in [0.717, 1.165) is 6.42 Å². The molecule has 0 aromatic carbocycles. The van der Waals surface area contributed by atoms with Gasteiger partial charge < -0.3 is 10.8 Å². The Kier molecular flexibility index (Phi) is 4.94. The molecule has 0 aromatic heterocycles. The van der Waals surface area contributed by atoms with Gasteiger partial charge in [0.2, 0.25) is 0 Å². The molecule has 0 unspecified atom stereocenters. The Labute approximate surface area is 61.2 Å². The van der Waals surface area contributed by atoms with Crippen LogP contribution in [0, 0.1) is 5.92 Å². The summed E-state index contributed by atoms with van der Waals surface area (Å²) in [7, 11) is 0. The second-order valence-corrected chi connectivity index (χ2v) is 2.44. The second-order valence-electron chi connectivity index (χ2n) is 2.44. The summed E-state index contributed by atoms with van der Waals surface area (Å²) in [5, 5.41) is 8.31. The lowest BCUT2D eigenvalue weighted by Crippen LogP contribution is -2.14. The molecule has 3 N–H and O–H groups in total. The molecule has 0 bridgehead atoms. The molecule has 1 atom stereocenters. The zero-order chi connectivity index (χ0) is 7.98. The van der Waals surface area contributed by atoms with Crippen molar-refractivity contribution in [1.82, 2.24) is 0 Å². The average Bonchev–Trinajstić information content (AvgIpc) is 1.90. The fourth-order valence-corrected chi connectivity index (χ4v) is 0.816. The molecule has 0 radical (unpaired) electrons. The van der Waals surface area contributed by atoms with Crippen LogP contribution in [0.5, 0.6) is 0 Å². The lowest BCUT2D eigenvalue weighted by atomic mass is 10.0. The first kappa shape index (κ1) is 9.43. The molecule has 10 heavy (non-hydrogen) atoms. The van der Waals surface area contributed by atoms with Gasteiger partial charge in [0.15, 0.2) is 0 Å². The summed E-state index contributed by atoms with van der Waals surface area (Å²) in [4.78, 5) is 10.1. The first-order chi connectivity index (χ1) is 4.70. The zero-order valence-corrected chi connectivity index (χ0v) is 6.34. The van der Waals surface area contributed by atoms with Crippen LogP contribution < -0.4 is 5.73 Å². The highest BCUT2D eigenvalue weighted by molar-refractivity contribution is 5.66. The molecular weight excluding hydrogens is 130 g/mol. The van der Waals surface area contributed by atoms with E-state index in [2.05, 4.69) is 0 Å². The summed E-state index contributed by atoms with van der Waals surface area (Å²) in [5.74, 6) is -0.344. The SMILES string of the molecule is CC[C@H](CN)CCC(=O)O. The molecule has 0 spiro atoms. The van der Waals surface area contributed by atoms with Crippen molar-refractivity contribution in [3.63, 3.8) is 0 Å². The molecule has 0 aromatic rings. The Morgan fingerprint density at radius 3 is 2.60 bits per heavy atom. The summed E-state index contributed by atoms with van der Waals surface area (Å²) < 4.78 is 0. The van der Waals surface area contributed by atoms with Crippen LogP contribution in [0.2, 0.25) is 0 Å². The molecule has 0 saturated heterocycles. The maximum Gasteiger partial charge on any atom is 0.303 e. The molecule has 0 fully saturated rings. The van der Waals surface area contributed by atoms with E-state index in [9.17, 15) is 4.79 Å². The van der Waals surface area contributed by atoms with Gasteiger partial charge in [0.05, 0.1) is 0 Å². The maximum atomic E-state index is 10.1. The van der Waals surface area contributed by atoms with Crippen LogP contribution in [-0.4, -0.2) is 17.6 Å². The molecule has 0 rings (SSSR count). The van der Waals surface area contributed by atoms with Crippen LogP contribution >= 0.6 is 0 Å². The molecule has 0 aliphatic carbocycles. The van der Waals surface area contributed by atoms with Crippen LogP contribution in [0.15, 0.2) is 0 Å². The normalized spacial score (nSPS) is 13.0. The Morgan fingerprint density at radius 1 is 1.70 bits per heavy atom. The Morgan fingerprint density at radius 2 is 2.30 bits per heavy atom. The molecule has 0 saturated carbocycles. The standard InChI is InChI=1S/C7H15NO2/c1-2-6(5-8)3-4-7(9)10/h6H,2-5,8H2,1H3,(H,9,10)/t6-/m0/s1. The highest BCUT2D eigenvalue weighted by atomic mass is 16.4. The predicted molar refractivity (Wildman–Crippen MR) is 39.7 cm³/mol. The molecule has 3 heteroatoms. The van der Waals surface area contributed by atoms with E-state index in [4.69, 9.17) is 10.8 Å². The van der Waals surface area contributed by atoms with E-state index >= 15 is 0 Å². The third-order valence-electron chi connectivity index (χ3n) is 1.68. The number of hydrogen-bond donors (Lipinski definition) is 2. The van der Waals surface area contributed by atoms with Crippen molar-refractivity contribution in [2.45, 2.75) is 26.2 Å². The van der Waals surface area contributed by atoms with E-state index in [1.165, 1.54) is 0 Å². The molecular formula is C7H15NO2. The van der Waals surface area contributed by atoms with Crippen molar-refractivity contribution >= 4 is 5.97 Å². The van der Waals surface area contributed by atoms with E-state index in [1.807, 2.05) is 6.92 Å². The fraction of sp³-hybridized carbons (Fsp3) is 0.857. The van der Waals surface area contributed by atoms with Gasteiger partial charge >= 0.3 is 5.97 Å². The lowest BCUT2D eigenvalue weighted by Gasteiger charge is -2.08.